The number of ether oxygens (including phenoxy) is 1. The molecule has 0 saturated carbocycles. The van der Waals surface area contributed by atoms with E-state index >= 15 is 0 Å². The van der Waals surface area contributed by atoms with Gasteiger partial charge < -0.3 is 15.0 Å². The number of nitrogens with two attached hydrogens (primary N) is 1. The minimum atomic E-state index is 0.198. The number of fused-ring (bicyclic) bond motifs is 1. The van der Waals surface area contributed by atoms with Gasteiger partial charge >= 0.3 is 0 Å². The fraction of sp³-hybridized carbons (Fsp3) is 0.357. The summed E-state index contributed by atoms with van der Waals surface area (Å²) in [5, 5.41) is 0. The van der Waals surface area contributed by atoms with Crippen molar-refractivity contribution >= 4 is 0 Å². The molecule has 2 N–H and O–H groups in total. The lowest BCUT2D eigenvalue weighted by Gasteiger charge is -2.09. The zero-order valence-electron chi connectivity index (χ0n) is 10.5. The normalized spacial score (nSPS) is 17.8. The number of hydrogen-bond donors (Lipinski definition) is 1. The molecule has 0 radical (unpaired) electrons. The summed E-state index contributed by atoms with van der Waals surface area (Å²) in [7, 11) is 1.97. The van der Waals surface area contributed by atoms with E-state index in [4.69, 9.17) is 10.5 Å². The zero-order valence-corrected chi connectivity index (χ0v) is 10.5. The van der Waals surface area contributed by atoms with Crippen molar-refractivity contribution in [2.45, 2.75) is 25.5 Å². The molecule has 1 atom stereocenters. The number of aryl methyl sites for hydroxylation is 2. The quantitative estimate of drug-likeness (QED) is 0.896. The minimum absolute atomic E-state index is 0.198. The molecule has 1 aliphatic rings. The molecule has 0 spiro atoms. The topological polar surface area (TPSA) is 53.1 Å². The van der Waals surface area contributed by atoms with Crippen LogP contribution in [0.25, 0.3) is 0 Å². The predicted molar refractivity (Wildman–Crippen MR) is 69.2 cm³/mol. The van der Waals surface area contributed by atoms with E-state index in [1.54, 1.807) is 6.20 Å². The average Bonchev–Trinajstić information content (AvgIpc) is 2.94. The van der Waals surface area contributed by atoms with Crippen molar-refractivity contribution in [3.8, 4) is 5.75 Å². The Morgan fingerprint density at radius 3 is 3.17 bits per heavy atom. The number of aromatic nitrogens is 2. The minimum Gasteiger partial charge on any atom is -0.486 e. The Kier molecular flexibility index (Phi) is 2.80. The van der Waals surface area contributed by atoms with Gasteiger partial charge in [0.2, 0.25) is 0 Å². The second-order valence-electron chi connectivity index (χ2n) is 4.75. The summed E-state index contributed by atoms with van der Waals surface area (Å²) in [6.07, 6.45) is 5.79. The molecule has 0 unspecified atom stereocenters. The first-order valence-electron chi connectivity index (χ1n) is 6.21. The number of benzene rings is 1. The monoisotopic (exact) mass is 243 g/mol. The Morgan fingerprint density at radius 1 is 1.50 bits per heavy atom. The fourth-order valence-electron chi connectivity index (χ4n) is 2.40. The van der Waals surface area contributed by atoms with Crippen LogP contribution in [0.4, 0.5) is 0 Å². The highest BCUT2D eigenvalue weighted by Gasteiger charge is 2.19. The molecule has 0 amide bonds. The lowest BCUT2D eigenvalue weighted by Crippen LogP contribution is -2.05. The fourth-order valence-corrected chi connectivity index (χ4v) is 2.40. The van der Waals surface area contributed by atoms with Crippen LogP contribution in [0.2, 0.25) is 0 Å². The van der Waals surface area contributed by atoms with Crippen molar-refractivity contribution in [2.24, 2.45) is 12.8 Å². The predicted octanol–water partition coefficient (Wildman–Crippen LogP) is 1.95. The smallest absolute Gasteiger partial charge is 0.146 e. The first-order valence-corrected chi connectivity index (χ1v) is 6.21. The maximum absolute atomic E-state index is 6.01. The van der Waals surface area contributed by atoms with Gasteiger partial charge in [0.15, 0.2) is 0 Å². The molecule has 4 heteroatoms. The second-order valence-corrected chi connectivity index (χ2v) is 4.75. The average molecular weight is 243 g/mol. The molecule has 4 nitrogen and oxygen atoms in total. The van der Waals surface area contributed by atoms with Crippen LogP contribution in [-0.4, -0.2) is 9.55 Å². The van der Waals surface area contributed by atoms with Gasteiger partial charge in [0.25, 0.3) is 0 Å². The van der Waals surface area contributed by atoms with Crippen molar-refractivity contribution in [1.82, 2.24) is 9.55 Å². The Balaban J connectivity index is 1.73. The SMILES string of the molecule is Cn1ccnc1COc1ccc2c(c1)CC[C@H]2N. The third kappa shape index (κ3) is 1.99. The second kappa shape index (κ2) is 4.46. The largest absolute Gasteiger partial charge is 0.486 e. The van der Waals surface area contributed by atoms with E-state index in [0.29, 0.717) is 6.61 Å². The van der Waals surface area contributed by atoms with Crippen LogP contribution < -0.4 is 10.5 Å². The summed E-state index contributed by atoms with van der Waals surface area (Å²) < 4.78 is 7.73. The van der Waals surface area contributed by atoms with Gasteiger partial charge in [-0.3, -0.25) is 0 Å². The van der Waals surface area contributed by atoms with Crippen molar-refractivity contribution in [1.29, 1.82) is 0 Å². The first kappa shape index (κ1) is 11.3. The van der Waals surface area contributed by atoms with Gasteiger partial charge in [-0.2, -0.15) is 0 Å². The van der Waals surface area contributed by atoms with E-state index < -0.39 is 0 Å². The summed E-state index contributed by atoms with van der Waals surface area (Å²) in [6.45, 7) is 0.494. The van der Waals surface area contributed by atoms with Gasteiger partial charge in [0.1, 0.15) is 18.2 Å². The highest BCUT2D eigenvalue weighted by molar-refractivity contribution is 5.40. The first-order chi connectivity index (χ1) is 8.74. The van der Waals surface area contributed by atoms with Crippen LogP contribution >= 0.6 is 0 Å². The van der Waals surface area contributed by atoms with E-state index in [-0.39, 0.29) is 6.04 Å². The number of imidazole rings is 1. The van der Waals surface area contributed by atoms with Gasteiger partial charge in [-0.1, -0.05) is 6.07 Å². The molecule has 0 saturated heterocycles. The molecule has 18 heavy (non-hydrogen) atoms. The summed E-state index contributed by atoms with van der Waals surface area (Å²) >= 11 is 0. The third-order valence-electron chi connectivity index (χ3n) is 3.53. The van der Waals surface area contributed by atoms with Crippen LogP contribution in [0, 0.1) is 0 Å². The van der Waals surface area contributed by atoms with Gasteiger partial charge in [-0.25, -0.2) is 4.98 Å². The lowest BCUT2D eigenvalue weighted by molar-refractivity contribution is 0.291. The third-order valence-corrected chi connectivity index (χ3v) is 3.53. The molecule has 1 aromatic carbocycles. The molecule has 1 aromatic heterocycles. The molecule has 0 bridgehead atoms. The summed E-state index contributed by atoms with van der Waals surface area (Å²) in [4.78, 5) is 4.23. The van der Waals surface area contributed by atoms with Crippen LogP contribution in [0.1, 0.15) is 29.4 Å². The highest BCUT2D eigenvalue weighted by atomic mass is 16.5. The Morgan fingerprint density at radius 2 is 2.39 bits per heavy atom. The van der Waals surface area contributed by atoms with Crippen LogP contribution in [0.15, 0.2) is 30.6 Å². The van der Waals surface area contributed by atoms with E-state index in [0.717, 1.165) is 24.4 Å². The van der Waals surface area contributed by atoms with Crippen molar-refractivity contribution in [3.63, 3.8) is 0 Å². The summed E-state index contributed by atoms with van der Waals surface area (Å²) in [5.74, 6) is 1.82. The molecule has 2 aromatic rings. The van der Waals surface area contributed by atoms with Crippen LogP contribution in [0.5, 0.6) is 5.75 Å². The van der Waals surface area contributed by atoms with E-state index in [1.165, 1.54) is 11.1 Å². The van der Waals surface area contributed by atoms with E-state index in [2.05, 4.69) is 17.1 Å². The summed E-state index contributed by atoms with van der Waals surface area (Å²) in [6, 6.07) is 6.38. The summed E-state index contributed by atoms with van der Waals surface area (Å²) in [5.41, 5.74) is 8.60. The zero-order chi connectivity index (χ0) is 12.5. The Bertz CT molecular complexity index is 562. The molecule has 0 fully saturated rings. The number of rotatable bonds is 3. The lowest BCUT2D eigenvalue weighted by atomic mass is 10.1. The van der Waals surface area contributed by atoms with Gasteiger partial charge in [-0.15, -0.1) is 0 Å². The van der Waals surface area contributed by atoms with Gasteiger partial charge in [0.05, 0.1) is 0 Å². The number of hydrogen-bond acceptors (Lipinski definition) is 3. The molecule has 1 heterocycles. The maximum atomic E-state index is 6.01. The molecule has 3 rings (SSSR count). The standard InChI is InChI=1S/C14H17N3O/c1-17-7-6-16-14(17)9-18-11-3-4-12-10(8-11)2-5-13(12)15/h3-4,6-8,13H,2,5,9,15H2,1H3/t13-/m1/s1. The molecular weight excluding hydrogens is 226 g/mol. The van der Waals surface area contributed by atoms with Crippen molar-refractivity contribution < 1.29 is 4.74 Å². The van der Waals surface area contributed by atoms with Crippen molar-refractivity contribution in [3.05, 3.63) is 47.5 Å². The molecule has 94 valence electrons. The van der Waals surface area contributed by atoms with Gasteiger partial charge in [-0.05, 0) is 36.1 Å². The Hall–Kier alpha value is -1.81. The Labute approximate surface area is 106 Å². The van der Waals surface area contributed by atoms with Gasteiger partial charge in [0, 0.05) is 25.5 Å². The number of nitrogens with zero attached hydrogens (tertiary/aromatic N) is 2. The van der Waals surface area contributed by atoms with Crippen LogP contribution in [0.3, 0.4) is 0 Å². The van der Waals surface area contributed by atoms with E-state index in [1.807, 2.05) is 23.9 Å². The van der Waals surface area contributed by atoms with Crippen LogP contribution in [-0.2, 0) is 20.1 Å². The van der Waals surface area contributed by atoms with Crippen molar-refractivity contribution in [2.75, 3.05) is 0 Å². The molecular formula is C14H17N3O. The molecule has 1 aliphatic carbocycles. The maximum Gasteiger partial charge on any atom is 0.146 e. The highest BCUT2D eigenvalue weighted by Crippen LogP contribution is 2.31. The molecule has 0 aliphatic heterocycles. The van der Waals surface area contributed by atoms with E-state index in [9.17, 15) is 0 Å².